The Hall–Kier alpha value is -0.950. The molecule has 128 valence electrons. The highest BCUT2D eigenvalue weighted by Gasteiger charge is 2.49. The summed E-state index contributed by atoms with van der Waals surface area (Å²) in [6, 6.07) is 6.13. The molecule has 4 heterocycles. The van der Waals surface area contributed by atoms with Gasteiger partial charge < -0.3 is 4.74 Å². The minimum Gasteiger partial charge on any atom is -0.371 e. The lowest BCUT2D eigenvalue weighted by Crippen LogP contribution is -2.58. The predicted molar refractivity (Wildman–Crippen MR) is 99.5 cm³/mol. The molecule has 1 atom stereocenters. The quantitative estimate of drug-likeness (QED) is 0.816. The summed E-state index contributed by atoms with van der Waals surface area (Å²) in [5.74, 6) is 1.11. The number of hydrogen-bond donors (Lipinski definition) is 0. The molecule has 0 amide bonds. The molecule has 2 aliphatic heterocycles. The van der Waals surface area contributed by atoms with Gasteiger partial charge in [-0.05, 0) is 32.4 Å². The number of thioether (sulfide) groups is 1. The lowest BCUT2D eigenvalue weighted by Gasteiger charge is -2.47. The zero-order valence-corrected chi connectivity index (χ0v) is 15.8. The van der Waals surface area contributed by atoms with Gasteiger partial charge >= 0.3 is 0 Å². The molecule has 2 aromatic rings. The summed E-state index contributed by atoms with van der Waals surface area (Å²) in [5.41, 5.74) is 5.23. The van der Waals surface area contributed by atoms with Crippen molar-refractivity contribution in [2.45, 2.75) is 44.3 Å². The molecule has 2 fully saturated rings. The van der Waals surface area contributed by atoms with Crippen molar-refractivity contribution in [1.29, 1.82) is 0 Å². The summed E-state index contributed by atoms with van der Waals surface area (Å²) in [6.45, 7) is 8.17. The summed E-state index contributed by atoms with van der Waals surface area (Å²) in [5, 5.41) is 0. The van der Waals surface area contributed by atoms with E-state index in [-0.39, 0.29) is 0 Å². The van der Waals surface area contributed by atoms with Crippen molar-refractivity contribution in [2.75, 3.05) is 18.8 Å². The molecule has 0 bridgehead atoms. The molecule has 0 N–H and O–H groups in total. The van der Waals surface area contributed by atoms with Gasteiger partial charge in [0.15, 0.2) is 0 Å². The van der Waals surface area contributed by atoms with E-state index in [1.54, 1.807) is 11.3 Å². The van der Waals surface area contributed by atoms with Crippen LogP contribution >= 0.6 is 23.1 Å². The second kappa shape index (κ2) is 6.75. The molecule has 4 rings (SSSR count). The summed E-state index contributed by atoms with van der Waals surface area (Å²) in [7, 11) is 0. The Labute approximate surface area is 151 Å². The fourth-order valence-electron chi connectivity index (χ4n) is 3.57. The largest absolute Gasteiger partial charge is 0.371 e. The molecular weight excluding hydrogens is 338 g/mol. The Morgan fingerprint density at radius 3 is 2.96 bits per heavy atom. The number of hydrogen-bond acceptors (Lipinski definition) is 6. The van der Waals surface area contributed by atoms with Gasteiger partial charge in [-0.3, -0.25) is 9.88 Å². The fourth-order valence-corrected chi connectivity index (χ4v) is 6.00. The van der Waals surface area contributed by atoms with E-state index < -0.39 is 0 Å². The standard InChI is InChI=1S/C18H23N3OS2/c1-13-4-3-5-15(20-13)8-22-16-6-18(24-9-16)10-21(11-18)7-17-14(2)19-12-23-17/h3-5,12,16H,6-11H2,1-2H3/t16-/m1/s1. The van der Waals surface area contributed by atoms with Crippen molar-refractivity contribution >= 4 is 23.1 Å². The number of thiazole rings is 1. The van der Waals surface area contributed by atoms with E-state index in [2.05, 4.69) is 39.6 Å². The molecular formula is C18H23N3OS2. The molecule has 1 spiro atoms. The fraction of sp³-hybridized carbons (Fsp3) is 0.556. The molecule has 0 unspecified atom stereocenters. The Balaban J connectivity index is 1.25. The van der Waals surface area contributed by atoms with E-state index >= 15 is 0 Å². The van der Waals surface area contributed by atoms with Crippen LogP contribution in [0.2, 0.25) is 0 Å². The molecule has 2 saturated heterocycles. The van der Waals surface area contributed by atoms with Gasteiger partial charge in [-0.2, -0.15) is 0 Å². The van der Waals surface area contributed by atoms with Crippen molar-refractivity contribution in [3.8, 4) is 0 Å². The van der Waals surface area contributed by atoms with Crippen LogP contribution in [0.5, 0.6) is 0 Å². The monoisotopic (exact) mass is 361 g/mol. The average Bonchev–Trinajstić information content (AvgIpc) is 3.12. The Kier molecular flexibility index (Phi) is 4.64. The third-order valence-corrected chi connectivity index (χ3v) is 7.32. The number of aromatic nitrogens is 2. The topological polar surface area (TPSA) is 38.2 Å². The maximum atomic E-state index is 6.13. The highest BCUT2D eigenvalue weighted by Crippen LogP contribution is 2.46. The van der Waals surface area contributed by atoms with Crippen LogP contribution in [0, 0.1) is 13.8 Å². The van der Waals surface area contributed by atoms with Gasteiger partial charge in [-0.1, -0.05) is 6.07 Å². The molecule has 4 nitrogen and oxygen atoms in total. The Morgan fingerprint density at radius 1 is 1.33 bits per heavy atom. The van der Waals surface area contributed by atoms with Crippen LogP contribution in [-0.4, -0.2) is 44.6 Å². The summed E-state index contributed by atoms with van der Waals surface area (Å²) in [6.07, 6.45) is 1.53. The van der Waals surface area contributed by atoms with E-state index in [4.69, 9.17) is 4.74 Å². The second-order valence-corrected chi connectivity index (χ2v) is 9.33. The lowest BCUT2D eigenvalue weighted by molar-refractivity contribution is 0.0252. The van der Waals surface area contributed by atoms with Gasteiger partial charge in [-0.15, -0.1) is 23.1 Å². The van der Waals surface area contributed by atoms with Crippen molar-refractivity contribution in [3.05, 3.63) is 45.7 Å². The summed E-state index contributed by atoms with van der Waals surface area (Å²) < 4.78 is 6.55. The Morgan fingerprint density at radius 2 is 2.21 bits per heavy atom. The van der Waals surface area contributed by atoms with E-state index in [0.717, 1.165) is 23.7 Å². The third kappa shape index (κ3) is 3.52. The van der Waals surface area contributed by atoms with Crippen molar-refractivity contribution < 1.29 is 4.74 Å². The predicted octanol–water partition coefficient (Wildman–Crippen LogP) is 3.43. The first kappa shape index (κ1) is 16.5. The van der Waals surface area contributed by atoms with Crippen LogP contribution in [0.4, 0.5) is 0 Å². The number of nitrogens with zero attached hydrogens (tertiary/aromatic N) is 3. The third-order valence-electron chi connectivity index (χ3n) is 4.82. The summed E-state index contributed by atoms with van der Waals surface area (Å²) in [4.78, 5) is 12.8. The molecule has 2 aliphatic rings. The minimum absolute atomic E-state index is 0.365. The molecule has 2 aromatic heterocycles. The first-order valence-corrected chi connectivity index (χ1v) is 10.3. The second-order valence-electron chi connectivity index (χ2n) is 6.91. The SMILES string of the molecule is Cc1cccc(CO[C@H]2CSC3(C2)CN(Cc2scnc2C)C3)n1. The highest BCUT2D eigenvalue weighted by molar-refractivity contribution is 8.01. The van der Waals surface area contributed by atoms with Crippen LogP contribution in [0.3, 0.4) is 0 Å². The summed E-state index contributed by atoms with van der Waals surface area (Å²) >= 11 is 3.87. The number of ether oxygens (including phenoxy) is 1. The molecule has 0 saturated carbocycles. The average molecular weight is 362 g/mol. The first-order valence-electron chi connectivity index (χ1n) is 8.41. The maximum Gasteiger partial charge on any atom is 0.0892 e. The molecule has 6 heteroatoms. The normalized spacial score (nSPS) is 22.8. The van der Waals surface area contributed by atoms with E-state index in [0.29, 0.717) is 17.5 Å². The van der Waals surface area contributed by atoms with E-state index in [1.807, 2.05) is 24.6 Å². The van der Waals surface area contributed by atoms with E-state index in [9.17, 15) is 0 Å². The van der Waals surface area contributed by atoms with Crippen LogP contribution in [-0.2, 0) is 17.9 Å². The highest BCUT2D eigenvalue weighted by atomic mass is 32.2. The Bertz CT molecular complexity index is 712. The van der Waals surface area contributed by atoms with Gasteiger partial charge in [-0.25, -0.2) is 4.98 Å². The lowest BCUT2D eigenvalue weighted by atomic mass is 9.93. The number of rotatable bonds is 5. The number of likely N-dealkylation sites (tertiary alicyclic amines) is 1. The first-order chi connectivity index (χ1) is 11.6. The number of aryl methyl sites for hydroxylation is 2. The smallest absolute Gasteiger partial charge is 0.0892 e. The molecule has 24 heavy (non-hydrogen) atoms. The van der Waals surface area contributed by atoms with E-state index in [1.165, 1.54) is 30.1 Å². The number of pyridine rings is 1. The van der Waals surface area contributed by atoms with Crippen molar-refractivity contribution in [3.63, 3.8) is 0 Å². The van der Waals surface area contributed by atoms with Crippen LogP contribution < -0.4 is 0 Å². The van der Waals surface area contributed by atoms with Crippen LogP contribution in [0.15, 0.2) is 23.7 Å². The van der Waals surface area contributed by atoms with Gasteiger partial charge in [0.2, 0.25) is 0 Å². The van der Waals surface area contributed by atoms with Crippen LogP contribution in [0.1, 0.15) is 28.4 Å². The van der Waals surface area contributed by atoms with Gasteiger partial charge in [0.25, 0.3) is 0 Å². The maximum absolute atomic E-state index is 6.13. The molecule has 0 radical (unpaired) electrons. The molecule has 0 aromatic carbocycles. The van der Waals surface area contributed by atoms with Crippen molar-refractivity contribution in [2.24, 2.45) is 0 Å². The van der Waals surface area contributed by atoms with Crippen LogP contribution in [0.25, 0.3) is 0 Å². The minimum atomic E-state index is 0.365. The van der Waals surface area contributed by atoms with Crippen molar-refractivity contribution in [1.82, 2.24) is 14.9 Å². The molecule has 0 aliphatic carbocycles. The zero-order chi connectivity index (χ0) is 16.6. The van der Waals surface area contributed by atoms with Gasteiger partial charge in [0, 0.05) is 40.7 Å². The van der Waals surface area contributed by atoms with Gasteiger partial charge in [0.1, 0.15) is 0 Å². The van der Waals surface area contributed by atoms with Gasteiger partial charge in [0.05, 0.1) is 29.6 Å². The zero-order valence-electron chi connectivity index (χ0n) is 14.2.